The van der Waals surface area contributed by atoms with Crippen LogP contribution in [-0.4, -0.2) is 34.5 Å². The van der Waals surface area contributed by atoms with E-state index < -0.39 is 11.8 Å². The van der Waals surface area contributed by atoms with Crippen molar-refractivity contribution in [1.82, 2.24) is 20.2 Å². The summed E-state index contributed by atoms with van der Waals surface area (Å²) in [5.41, 5.74) is 1.39. The van der Waals surface area contributed by atoms with E-state index in [2.05, 4.69) is 21.7 Å². The van der Waals surface area contributed by atoms with Crippen LogP contribution in [0.5, 0.6) is 0 Å². The Hall–Kier alpha value is -2.11. The number of carbonyl (C=O) groups excluding carboxylic acids is 2. The third-order valence-corrected chi connectivity index (χ3v) is 3.88. The highest BCUT2D eigenvalue weighted by Gasteiger charge is 2.12. The van der Waals surface area contributed by atoms with Gasteiger partial charge in [-0.15, -0.1) is 0 Å². The Labute approximate surface area is 131 Å². The maximum atomic E-state index is 11.7. The molecule has 1 aliphatic carbocycles. The van der Waals surface area contributed by atoms with Crippen molar-refractivity contribution in [3.63, 3.8) is 0 Å². The number of imidazole rings is 1. The van der Waals surface area contributed by atoms with Crippen LogP contribution in [0, 0.1) is 6.92 Å². The molecule has 120 valence electrons. The summed E-state index contributed by atoms with van der Waals surface area (Å²) in [7, 11) is 0. The van der Waals surface area contributed by atoms with Crippen molar-refractivity contribution in [2.24, 2.45) is 0 Å². The first-order valence-electron chi connectivity index (χ1n) is 7.88. The number of aromatic nitrogens is 2. The van der Waals surface area contributed by atoms with Crippen LogP contribution in [0.25, 0.3) is 0 Å². The number of nitrogens with zero attached hydrogens (tertiary/aromatic N) is 2. The Morgan fingerprint density at radius 1 is 1.23 bits per heavy atom. The predicted octanol–water partition coefficient (Wildman–Crippen LogP) is 1.31. The molecule has 2 N–H and O–H groups in total. The molecule has 0 fully saturated rings. The monoisotopic (exact) mass is 304 g/mol. The van der Waals surface area contributed by atoms with Crippen molar-refractivity contribution in [2.75, 3.05) is 13.1 Å². The number of aryl methyl sites for hydroxylation is 1. The fraction of sp³-hybridized carbons (Fsp3) is 0.562. The van der Waals surface area contributed by atoms with Crippen LogP contribution in [0.2, 0.25) is 0 Å². The Balaban J connectivity index is 1.61. The molecule has 6 heteroatoms. The van der Waals surface area contributed by atoms with E-state index in [4.69, 9.17) is 0 Å². The summed E-state index contributed by atoms with van der Waals surface area (Å²) in [6.45, 7) is 3.44. The van der Waals surface area contributed by atoms with Gasteiger partial charge in [0.25, 0.3) is 0 Å². The number of nitrogens with one attached hydrogen (secondary N) is 2. The lowest BCUT2D eigenvalue weighted by molar-refractivity contribution is -0.139. The van der Waals surface area contributed by atoms with Gasteiger partial charge < -0.3 is 15.2 Å². The standard InChI is InChI=1S/C16H24N4O2/c1-13-17-9-11-20(13)12-10-19-16(22)15(21)18-8-7-14-5-3-2-4-6-14/h5,9,11H,2-4,6-8,10,12H2,1H3,(H,18,21)(H,19,22). The fourth-order valence-electron chi connectivity index (χ4n) is 2.56. The minimum absolute atomic E-state index is 0.411. The molecule has 2 rings (SSSR count). The Bertz CT molecular complexity index is 548. The first-order valence-corrected chi connectivity index (χ1v) is 7.88. The summed E-state index contributed by atoms with van der Waals surface area (Å²) in [5.74, 6) is -0.242. The van der Waals surface area contributed by atoms with Gasteiger partial charge in [0, 0.05) is 32.0 Å². The van der Waals surface area contributed by atoms with Crippen molar-refractivity contribution in [3.05, 3.63) is 29.9 Å². The Morgan fingerprint density at radius 3 is 2.64 bits per heavy atom. The minimum Gasteiger partial charge on any atom is -0.348 e. The zero-order valence-corrected chi connectivity index (χ0v) is 13.1. The summed E-state index contributed by atoms with van der Waals surface area (Å²) in [6, 6.07) is 0. The van der Waals surface area contributed by atoms with Crippen LogP contribution in [0.4, 0.5) is 0 Å². The average Bonchev–Trinajstić information content (AvgIpc) is 2.93. The van der Waals surface area contributed by atoms with E-state index in [0.29, 0.717) is 19.6 Å². The smallest absolute Gasteiger partial charge is 0.309 e. The normalized spacial score (nSPS) is 14.3. The molecule has 0 bridgehead atoms. The van der Waals surface area contributed by atoms with Gasteiger partial charge in [0.2, 0.25) is 0 Å². The fourth-order valence-corrected chi connectivity index (χ4v) is 2.56. The molecule has 1 aliphatic rings. The molecule has 1 heterocycles. The average molecular weight is 304 g/mol. The van der Waals surface area contributed by atoms with Crippen LogP contribution >= 0.6 is 0 Å². The molecule has 0 saturated carbocycles. The van der Waals surface area contributed by atoms with Crippen molar-refractivity contribution in [2.45, 2.75) is 45.6 Å². The second-order valence-electron chi connectivity index (χ2n) is 5.54. The summed E-state index contributed by atoms with van der Waals surface area (Å²) >= 11 is 0. The van der Waals surface area contributed by atoms with Gasteiger partial charge >= 0.3 is 11.8 Å². The summed E-state index contributed by atoms with van der Waals surface area (Å²) < 4.78 is 1.92. The zero-order chi connectivity index (χ0) is 15.8. The summed E-state index contributed by atoms with van der Waals surface area (Å²) in [4.78, 5) is 27.5. The Kier molecular flexibility index (Phi) is 6.18. The molecule has 0 unspecified atom stereocenters. The maximum absolute atomic E-state index is 11.7. The van der Waals surface area contributed by atoms with Gasteiger partial charge in [0.05, 0.1) is 0 Å². The van der Waals surface area contributed by atoms with E-state index >= 15 is 0 Å². The first-order chi connectivity index (χ1) is 10.7. The highest BCUT2D eigenvalue weighted by molar-refractivity contribution is 6.35. The van der Waals surface area contributed by atoms with Gasteiger partial charge in [0.15, 0.2) is 0 Å². The summed E-state index contributed by atoms with van der Waals surface area (Å²) in [5, 5.41) is 5.30. The van der Waals surface area contributed by atoms with Crippen LogP contribution in [-0.2, 0) is 16.1 Å². The van der Waals surface area contributed by atoms with E-state index in [1.54, 1.807) is 6.20 Å². The molecule has 2 amide bonds. The highest BCUT2D eigenvalue weighted by Crippen LogP contribution is 2.19. The third kappa shape index (κ3) is 5.02. The molecule has 0 aromatic carbocycles. The van der Waals surface area contributed by atoms with Gasteiger partial charge in [-0.1, -0.05) is 11.6 Å². The molecule has 1 aromatic heterocycles. The lowest BCUT2D eigenvalue weighted by atomic mass is 9.97. The highest BCUT2D eigenvalue weighted by atomic mass is 16.2. The number of hydrogen-bond acceptors (Lipinski definition) is 3. The first kappa shape index (κ1) is 16.3. The number of carbonyl (C=O) groups is 2. The number of amides is 2. The number of allylic oxidation sites excluding steroid dienone is 1. The zero-order valence-electron chi connectivity index (χ0n) is 13.1. The van der Waals surface area contributed by atoms with Crippen molar-refractivity contribution in [3.8, 4) is 0 Å². The molecule has 0 atom stereocenters. The predicted molar refractivity (Wildman–Crippen MR) is 84.2 cm³/mol. The second kappa shape index (κ2) is 8.36. The third-order valence-electron chi connectivity index (χ3n) is 3.88. The molecule has 22 heavy (non-hydrogen) atoms. The topological polar surface area (TPSA) is 76.0 Å². The van der Waals surface area contributed by atoms with Crippen molar-refractivity contribution < 1.29 is 9.59 Å². The van der Waals surface area contributed by atoms with Gasteiger partial charge in [-0.2, -0.15) is 0 Å². The molecule has 0 radical (unpaired) electrons. The van der Waals surface area contributed by atoms with Crippen LogP contribution in [0.15, 0.2) is 24.0 Å². The molecule has 0 saturated heterocycles. The summed E-state index contributed by atoms with van der Waals surface area (Å²) in [6.07, 6.45) is 11.4. The second-order valence-corrected chi connectivity index (χ2v) is 5.54. The van der Waals surface area contributed by atoms with Crippen LogP contribution < -0.4 is 10.6 Å². The largest absolute Gasteiger partial charge is 0.348 e. The van der Waals surface area contributed by atoms with E-state index in [1.165, 1.54) is 18.4 Å². The molecule has 1 aromatic rings. The van der Waals surface area contributed by atoms with E-state index in [-0.39, 0.29) is 0 Å². The van der Waals surface area contributed by atoms with Crippen molar-refractivity contribution in [1.29, 1.82) is 0 Å². The van der Waals surface area contributed by atoms with E-state index in [0.717, 1.165) is 25.1 Å². The van der Waals surface area contributed by atoms with Gasteiger partial charge in [-0.05, 0) is 39.0 Å². The molecule has 0 aliphatic heterocycles. The van der Waals surface area contributed by atoms with Crippen LogP contribution in [0.3, 0.4) is 0 Å². The quantitative estimate of drug-likeness (QED) is 0.614. The van der Waals surface area contributed by atoms with E-state index in [9.17, 15) is 9.59 Å². The lowest BCUT2D eigenvalue weighted by Crippen LogP contribution is -2.41. The molecular formula is C16H24N4O2. The molecular weight excluding hydrogens is 280 g/mol. The lowest BCUT2D eigenvalue weighted by Gasteiger charge is -2.13. The van der Waals surface area contributed by atoms with E-state index in [1.807, 2.05) is 17.7 Å². The molecule has 0 spiro atoms. The maximum Gasteiger partial charge on any atom is 0.309 e. The van der Waals surface area contributed by atoms with Gasteiger partial charge in [0.1, 0.15) is 5.82 Å². The number of rotatable bonds is 6. The molecule has 6 nitrogen and oxygen atoms in total. The van der Waals surface area contributed by atoms with Crippen molar-refractivity contribution >= 4 is 11.8 Å². The van der Waals surface area contributed by atoms with Gasteiger partial charge in [-0.25, -0.2) is 4.98 Å². The van der Waals surface area contributed by atoms with Gasteiger partial charge in [-0.3, -0.25) is 9.59 Å². The Morgan fingerprint density at radius 2 is 2.00 bits per heavy atom. The number of hydrogen-bond donors (Lipinski definition) is 2. The SMILES string of the molecule is Cc1nccn1CCNC(=O)C(=O)NCCC1=CCCCC1. The van der Waals surface area contributed by atoms with Crippen LogP contribution in [0.1, 0.15) is 37.9 Å². The minimum atomic E-state index is -0.574.